The van der Waals surface area contributed by atoms with E-state index in [1.54, 1.807) is 0 Å². The number of aliphatic hydroxyl groups excluding tert-OH is 1. The molecule has 25 heavy (non-hydrogen) atoms. The van der Waals surface area contributed by atoms with Crippen LogP contribution in [0.25, 0.3) is 0 Å². The van der Waals surface area contributed by atoms with Gasteiger partial charge in [0.15, 0.2) is 0 Å². The molecule has 1 heterocycles. The van der Waals surface area contributed by atoms with Crippen molar-refractivity contribution in [3.8, 4) is 6.07 Å². The Kier molecular flexibility index (Phi) is 5.19. The van der Waals surface area contributed by atoms with Crippen LogP contribution in [0, 0.1) is 11.3 Å². The predicted molar refractivity (Wildman–Crippen MR) is 96.9 cm³/mol. The van der Waals surface area contributed by atoms with Gasteiger partial charge in [-0.05, 0) is 67.9 Å². The molecule has 2 aromatic carbocycles. The molecule has 0 amide bonds. The second-order valence-corrected chi connectivity index (χ2v) is 6.86. The van der Waals surface area contributed by atoms with E-state index in [4.69, 9.17) is 10.00 Å². The lowest BCUT2D eigenvalue weighted by Crippen LogP contribution is -2.28. The summed E-state index contributed by atoms with van der Waals surface area (Å²) < 4.78 is 6.36. The van der Waals surface area contributed by atoms with Gasteiger partial charge in [0.1, 0.15) is 5.60 Å². The normalized spacial score (nSPS) is 19.0. The van der Waals surface area contributed by atoms with Gasteiger partial charge < -0.3 is 14.7 Å². The molecule has 1 atom stereocenters. The van der Waals surface area contributed by atoms with E-state index >= 15 is 0 Å². The molecule has 0 spiro atoms. The van der Waals surface area contributed by atoms with E-state index in [1.807, 2.05) is 30.3 Å². The van der Waals surface area contributed by atoms with Crippen LogP contribution in [-0.2, 0) is 23.6 Å². The molecular formula is C21H24N2O2. The first-order valence-corrected chi connectivity index (χ1v) is 8.61. The Hall–Kier alpha value is -2.19. The van der Waals surface area contributed by atoms with Gasteiger partial charge in [0, 0.05) is 0 Å². The number of fused-ring (bicyclic) bond motifs is 1. The minimum atomic E-state index is -0.479. The summed E-state index contributed by atoms with van der Waals surface area (Å²) in [5, 5.41) is 18.5. The van der Waals surface area contributed by atoms with Crippen LogP contribution < -0.4 is 0 Å². The molecule has 4 heteroatoms. The van der Waals surface area contributed by atoms with Crippen LogP contribution in [0.1, 0.15) is 40.7 Å². The van der Waals surface area contributed by atoms with Crippen LogP contribution >= 0.6 is 0 Å². The molecule has 3 rings (SSSR count). The van der Waals surface area contributed by atoms with E-state index in [0.29, 0.717) is 12.2 Å². The summed E-state index contributed by atoms with van der Waals surface area (Å²) in [6.07, 6.45) is 1.89. The van der Waals surface area contributed by atoms with E-state index in [0.717, 1.165) is 41.6 Å². The Morgan fingerprint density at radius 3 is 2.60 bits per heavy atom. The van der Waals surface area contributed by atoms with Crippen molar-refractivity contribution < 1.29 is 9.84 Å². The first-order chi connectivity index (χ1) is 12.1. The molecule has 2 aromatic rings. The average Bonchev–Trinajstić information content (AvgIpc) is 3.00. The SMILES string of the molecule is CN(C)CCC[C@]1(c2ccc(CO)cc2)OCc2cc(C#N)ccc21. The molecule has 0 aromatic heterocycles. The van der Waals surface area contributed by atoms with Crippen LogP contribution in [0.5, 0.6) is 0 Å². The number of hydrogen-bond acceptors (Lipinski definition) is 4. The van der Waals surface area contributed by atoms with E-state index in [2.05, 4.69) is 37.2 Å². The fourth-order valence-corrected chi connectivity index (χ4v) is 3.57. The predicted octanol–water partition coefficient (Wildman–Crippen LogP) is 3.17. The van der Waals surface area contributed by atoms with Gasteiger partial charge in [0.25, 0.3) is 0 Å². The van der Waals surface area contributed by atoms with Crippen molar-refractivity contribution in [2.45, 2.75) is 31.7 Å². The first-order valence-electron chi connectivity index (χ1n) is 8.61. The molecule has 0 fully saturated rings. The molecular weight excluding hydrogens is 312 g/mol. The maximum atomic E-state index is 9.31. The lowest BCUT2D eigenvalue weighted by molar-refractivity contribution is -0.0139. The second-order valence-electron chi connectivity index (χ2n) is 6.86. The van der Waals surface area contributed by atoms with Crippen molar-refractivity contribution in [1.29, 1.82) is 5.26 Å². The van der Waals surface area contributed by atoms with Gasteiger partial charge in [0.05, 0.1) is 24.8 Å². The number of hydrogen-bond donors (Lipinski definition) is 1. The van der Waals surface area contributed by atoms with Gasteiger partial charge >= 0.3 is 0 Å². The quantitative estimate of drug-likeness (QED) is 0.880. The Bertz CT molecular complexity index is 777. The summed E-state index contributed by atoms with van der Waals surface area (Å²) in [4.78, 5) is 2.18. The maximum Gasteiger partial charge on any atom is 0.119 e. The fourth-order valence-electron chi connectivity index (χ4n) is 3.57. The number of aliphatic hydroxyl groups is 1. The fraction of sp³-hybridized carbons (Fsp3) is 0.381. The number of ether oxygens (including phenoxy) is 1. The highest BCUT2D eigenvalue weighted by molar-refractivity contribution is 5.48. The van der Waals surface area contributed by atoms with Crippen LogP contribution in [-0.4, -0.2) is 30.6 Å². The maximum absolute atomic E-state index is 9.31. The zero-order valence-electron chi connectivity index (χ0n) is 14.8. The largest absolute Gasteiger partial charge is 0.392 e. The van der Waals surface area contributed by atoms with Crippen molar-refractivity contribution in [1.82, 2.24) is 4.90 Å². The molecule has 0 radical (unpaired) electrons. The monoisotopic (exact) mass is 336 g/mol. The summed E-state index contributed by atoms with van der Waals surface area (Å²) in [5.74, 6) is 0. The molecule has 1 aliphatic heterocycles. The summed E-state index contributed by atoms with van der Waals surface area (Å²) in [5.41, 5.74) is 4.43. The highest BCUT2D eigenvalue weighted by Crippen LogP contribution is 2.45. The standard InChI is InChI=1S/C21H24N2O2/c1-23(2)11-3-10-21(19-7-4-16(14-24)5-8-19)20-9-6-17(13-22)12-18(20)15-25-21/h4-9,12,24H,3,10-11,14-15H2,1-2H3/t21-/m1/s1. The van der Waals surface area contributed by atoms with Crippen molar-refractivity contribution in [3.63, 3.8) is 0 Å². The van der Waals surface area contributed by atoms with E-state index in [1.165, 1.54) is 0 Å². The molecule has 1 aliphatic rings. The molecule has 4 nitrogen and oxygen atoms in total. The Balaban J connectivity index is 2.01. The average molecular weight is 336 g/mol. The molecule has 1 N–H and O–H groups in total. The lowest BCUT2D eigenvalue weighted by atomic mass is 9.81. The highest BCUT2D eigenvalue weighted by Gasteiger charge is 2.41. The molecule has 130 valence electrons. The second kappa shape index (κ2) is 7.37. The van der Waals surface area contributed by atoms with E-state index in [-0.39, 0.29) is 6.61 Å². The van der Waals surface area contributed by atoms with Gasteiger partial charge in [-0.3, -0.25) is 0 Å². The first kappa shape index (κ1) is 17.6. The molecule has 0 bridgehead atoms. The topological polar surface area (TPSA) is 56.5 Å². The van der Waals surface area contributed by atoms with Crippen molar-refractivity contribution in [2.75, 3.05) is 20.6 Å². The smallest absolute Gasteiger partial charge is 0.119 e. The highest BCUT2D eigenvalue weighted by atomic mass is 16.5. The van der Waals surface area contributed by atoms with Crippen LogP contribution in [0.2, 0.25) is 0 Å². The third kappa shape index (κ3) is 3.45. The third-order valence-electron chi connectivity index (χ3n) is 4.88. The lowest BCUT2D eigenvalue weighted by Gasteiger charge is -2.31. The van der Waals surface area contributed by atoms with Gasteiger partial charge in [0.2, 0.25) is 0 Å². The van der Waals surface area contributed by atoms with Gasteiger partial charge in [-0.25, -0.2) is 0 Å². The zero-order chi connectivity index (χ0) is 17.9. The number of rotatable bonds is 6. The Labute approximate surface area is 149 Å². The summed E-state index contributed by atoms with van der Waals surface area (Å²) >= 11 is 0. The zero-order valence-corrected chi connectivity index (χ0v) is 14.8. The third-order valence-corrected chi connectivity index (χ3v) is 4.88. The summed E-state index contributed by atoms with van der Waals surface area (Å²) in [7, 11) is 4.15. The van der Waals surface area contributed by atoms with Crippen molar-refractivity contribution in [2.24, 2.45) is 0 Å². The van der Waals surface area contributed by atoms with Gasteiger partial charge in [-0.1, -0.05) is 30.3 Å². The molecule has 0 aliphatic carbocycles. The molecule has 0 unspecified atom stereocenters. The Morgan fingerprint density at radius 2 is 1.96 bits per heavy atom. The van der Waals surface area contributed by atoms with Crippen LogP contribution in [0.4, 0.5) is 0 Å². The molecule has 0 saturated carbocycles. The van der Waals surface area contributed by atoms with Crippen LogP contribution in [0.3, 0.4) is 0 Å². The summed E-state index contributed by atoms with van der Waals surface area (Å²) in [6, 6.07) is 16.1. The van der Waals surface area contributed by atoms with Crippen molar-refractivity contribution in [3.05, 3.63) is 70.3 Å². The van der Waals surface area contributed by atoms with Crippen LogP contribution in [0.15, 0.2) is 42.5 Å². The van der Waals surface area contributed by atoms with Gasteiger partial charge in [-0.2, -0.15) is 5.26 Å². The minimum absolute atomic E-state index is 0.0386. The van der Waals surface area contributed by atoms with E-state index < -0.39 is 5.60 Å². The number of nitrogens with zero attached hydrogens (tertiary/aromatic N) is 2. The van der Waals surface area contributed by atoms with E-state index in [9.17, 15) is 5.11 Å². The Morgan fingerprint density at radius 1 is 1.20 bits per heavy atom. The number of nitriles is 1. The molecule has 0 saturated heterocycles. The summed E-state index contributed by atoms with van der Waals surface area (Å²) in [6.45, 7) is 1.55. The van der Waals surface area contributed by atoms with Crippen molar-refractivity contribution >= 4 is 0 Å². The van der Waals surface area contributed by atoms with Gasteiger partial charge in [-0.15, -0.1) is 0 Å². The number of benzene rings is 2. The minimum Gasteiger partial charge on any atom is -0.392 e.